The van der Waals surface area contributed by atoms with Crippen LogP contribution < -0.4 is 0 Å². The summed E-state index contributed by atoms with van der Waals surface area (Å²) in [6, 6.07) is 4.58. The third-order valence-corrected chi connectivity index (χ3v) is 4.10. The summed E-state index contributed by atoms with van der Waals surface area (Å²) in [6.45, 7) is 5.76. The van der Waals surface area contributed by atoms with Crippen molar-refractivity contribution in [2.24, 2.45) is 11.8 Å². The van der Waals surface area contributed by atoms with Crippen molar-refractivity contribution < 1.29 is 18.7 Å². The van der Waals surface area contributed by atoms with Crippen LogP contribution in [-0.2, 0) is 20.7 Å². The van der Waals surface area contributed by atoms with Crippen molar-refractivity contribution in [1.82, 2.24) is 0 Å². The molecular formula is C17H21FO3. The lowest BCUT2D eigenvalue weighted by atomic mass is 9.87. The Morgan fingerprint density at radius 3 is 2.67 bits per heavy atom. The van der Waals surface area contributed by atoms with E-state index in [1.807, 2.05) is 20.8 Å². The van der Waals surface area contributed by atoms with Gasteiger partial charge in [-0.1, -0.05) is 19.9 Å². The summed E-state index contributed by atoms with van der Waals surface area (Å²) in [5.41, 5.74) is 1.80. The van der Waals surface area contributed by atoms with Crippen LogP contribution in [0.25, 0.3) is 0 Å². The number of Topliss-reactive ketones (excluding diaryl/α,β-unsaturated/α-hetero) is 1. The first kappa shape index (κ1) is 15.7. The minimum Gasteiger partial charge on any atom is -0.461 e. The third-order valence-electron chi connectivity index (χ3n) is 4.10. The summed E-state index contributed by atoms with van der Waals surface area (Å²) < 4.78 is 18.6. The monoisotopic (exact) mass is 292 g/mol. The molecule has 0 aromatic heterocycles. The number of esters is 1. The first-order valence-electron chi connectivity index (χ1n) is 7.36. The lowest BCUT2D eigenvalue weighted by Crippen LogP contribution is -2.40. The predicted molar refractivity (Wildman–Crippen MR) is 77.3 cm³/mol. The topological polar surface area (TPSA) is 43.4 Å². The average Bonchev–Trinajstić information content (AvgIpc) is 2.41. The zero-order valence-corrected chi connectivity index (χ0v) is 12.7. The Morgan fingerprint density at radius 2 is 2.05 bits per heavy atom. The van der Waals surface area contributed by atoms with Gasteiger partial charge in [0, 0.05) is 6.42 Å². The van der Waals surface area contributed by atoms with Crippen molar-refractivity contribution in [1.29, 1.82) is 0 Å². The van der Waals surface area contributed by atoms with Crippen LogP contribution in [0.2, 0.25) is 0 Å². The molecule has 0 spiro atoms. The maximum atomic E-state index is 13.2. The molecule has 0 bridgehead atoms. The maximum absolute atomic E-state index is 13.2. The number of ether oxygens (including phenoxy) is 1. The molecule has 0 radical (unpaired) electrons. The van der Waals surface area contributed by atoms with Crippen LogP contribution in [-0.4, -0.2) is 17.9 Å². The van der Waals surface area contributed by atoms with E-state index in [0.717, 1.165) is 11.1 Å². The van der Waals surface area contributed by atoms with Crippen molar-refractivity contribution >= 4 is 11.8 Å². The summed E-state index contributed by atoms with van der Waals surface area (Å²) in [6.07, 6.45) is 0.863. The fourth-order valence-electron chi connectivity index (χ4n) is 2.60. The molecule has 2 rings (SSSR count). The van der Waals surface area contributed by atoms with Crippen LogP contribution in [0.4, 0.5) is 4.39 Å². The lowest BCUT2D eigenvalue weighted by molar-refractivity contribution is -0.167. The van der Waals surface area contributed by atoms with Gasteiger partial charge in [-0.05, 0) is 48.9 Å². The number of carbonyl (C=O) groups is 2. The molecule has 1 aliphatic rings. The summed E-state index contributed by atoms with van der Waals surface area (Å²) in [4.78, 5) is 24.1. The van der Waals surface area contributed by atoms with Gasteiger partial charge < -0.3 is 4.74 Å². The zero-order valence-electron chi connectivity index (χ0n) is 12.7. The molecule has 3 nitrogen and oxygen atoms in total. The summed E-state index contributed by atoms with van der Waals surface area (Å²) >= 11 is 0. The van der Waals surface area contributed by atoms with Crippen LogP contribution >= 0.6 is 0 Å². The third kappa shape index (κ3) is 3.69. The lowest BCUT2D eigenvalue weighted by Gasteiger charge is -2.29. The average molecular weight is 292 g/mol. The molecule has 1 saturated heterocycles. The number of hydrogen-bond acceptors (Lipinski definition) is 3. The highest BCUT2D eigenvalue weighted by atomic mass is 19.1. The van der Waals surface area contributed by atoms with Crippen LogP contribution in [0.5, 0.6) is 0 Å². The van der Waals surface area contributed by atoms with Gasteiger partial charge in [-0.25, -0.2) is 4.39 Å². The van der Waals surface area contributed by atoms with Gasteiger partial charge in [0.25, 0.3) is 0 Å². The highest BCUT2D eigenvalue weighted by molar-refractivity contribution is 6.01. The van der Waals surface area contributed by atoms with E-state index in [1.54, 1.807) is 6.07 Å². The minimum absolute atomic E-state index is 0.0565. The van der Waals surface area contributed by atoms with E-state index in [9.17, 15) is 14.0 Å². The molecule has 1 aromatic carbocycles. The number of ketones is 1. The van der Waals surface area contributed by atoms with Crippen LogP contribution in [0.1, 0.15) is 37.8 Å². The first-order valence-corrected chi connectivity index (χ1v) is 7.36. The quantitative estimate of drug-likeness (QED) is 0.632. The second-order valence-corrected chi connectivity index (χ2v) is 6.05. The van der Waals surface area contributed by atoms with Gasteiger partial charge in [0.1, 0.15) is 17.8 Å². The molecule has 0 amide bonds. The van der Waals surface area contributed by atoms with E-state index < -0.39 is 11.9 Å². The maximum Gasteiger partial charge on any atom is 0.316 e. The molecule has 1 heterocycles. The SMILES string of the molecule is Cc1ccc(F)cc1CCC1C(=O)CC(C(C)C)OC1=O. The molecule has 2 atom stereocenters. The summed E-state index contributed by atoms with van der Waals surface area (Å²) in [7, 11) is 0. The van der Waals surface area contributed by atoms with Gasteiger partial charge in [-0.15, -0.1) is 0 Å². The van der Waals surface area contributed by atoms with Gasteiger partial charge >= 0.3 is 5.97 Å². The second kappa shape index (κ2) is 6.37. The number of cyclic esters (lactones) is 1. The normalized spacial score (nSPS) is 22.5. The highest BCUT2D eigenvalue weighted by Crippen LogP contribution is 2.26. The largest absolute Gasteiger partial charge is 0.461 e. The zero-order chi connectivity index (χ0) is 15.6. The summed E-state index contributed by atoms with van der Waals surface area (Å²) in [5, 5.41) is 0. The van der Waals surface area contributed by atoms with Crippen molar-refractivity contribution in [2.75, 3.05) is 0 Å². The van der Waals surface area contributed by atoms with Crippen molar-refractivity contribution in [2.45, 2.75) is 46.1 Å². The number of carbonyl (C=O) groups excluding carboxylic acids is 2. The standard InChI is InChI=1S/C17H21FO3/c1-10(2)16-9-15(19)14(17(20)21-16)7-5-12-8-13(18)6-4-11(12)3/h4,6,8,10,14,16H,5,7,9H2,1-3H3. The second-order valence-electron chi connectivity index (χ2n) is 6.05. The molecule has 1 fully saturated rings. The molecule has 0 N–H and O–H groups in total. The molecule has 1 aliphatic heterocycles. The van der Waals surface area contributed by atoms with Gasteiger partial charge in [0.2, 0.25) is 0 Å². The Hall–Kier alpha value is -1.71. The van der Waals surface area contributed by atoms with E-state index in [4.69, 9.17) is 4.74 Å². The molecule has 2 unspecified atom stereocenters. The molecule has 0 aliphatic carbocycles. The van der Waals surface area contributed by atoms with Crippen LogP contribution in [0, 0.1) is 24.6 Å². The number of halogens is 1. The van der Waals surface area contributed by atoms with E-state index >= 15 is 0 Å². The highest BCUT2D eigenvalue weighted by Gasteiger charge is 2.37. The fourth-order valence-corrected chi connectivity index (χ4v) is 2.60. The van der Waals surface area contributed by atoms with Gasteiger partial charge in [0.05, 0.1) is 0 Å². The Morgan fingerprint density at radius 1 is 1.33 bits per heavy atom. The first-order chi connectivity index (χ1) is 9.88. The number of benzene rings is 1. The smallest absolute Gasteiger partial charge is 0.316 e. The van der Waals surface area contributed by atoms with Gasteiger partial charge in [-0.3, -0.25) is 9.59 Å². The minimum atomic E-state index is -0.706. The molecule has 21 heavy (non-hydrogen) atoms. The van der Waals surface area contributed by atoms with Crippen molar-refractivity contribution in [3.05, 3.63) is 35.1 Å². The van der Waals surface area contributed by atoms with Gasteiger partial charge in [-0.2, -0.15) is 0 Å². The Kier molecular flexibility index (Phi) is 4.76. The van der Waals surface area contributed by atoms with E-state index in [1.165, 1.54) is 12.1 Å². The van der Waals surface area contributed by atoms with E-state index in [0.29, 0.717) is 12.8 Å². The summed E-state index contributed by atoms with van der Waals surface area (Å²) in [5.74, 6) is -1.35. The van der Waals surface area contributed by atoms with E-state index in [-0.39, 0.29) is 30.0 Å². The number of rotatable bonds is 4. The van der Waals surface area contributed by atoms with Crippen molar-refractivity contribution in [3.8, 4) is 0 Å². The molecule has 114 valence electrons. The fraction of sp³-hybridized carbons (Fsp3) is 0.529. The number of hydrogen-bond donors (Lipinski definition) is 0. The molecule has 4 heteroatoms. The predicted octanol–water partition coefficient (Wildman–Crippen LogP) is 3.22. The Bertz CT molecular complexity index is 533. The van der Waals surface area contributed by atoms with Crippen LogP contribution in [0.15, 0.2) is 18.2 Å². The molecule has 0 saturated carbocycles. The number of aryl methyl sites for hydroxylation is 2. The van der Waals surface area contributed by atoms with Gasteiger partial charge in [0.15, 0.2) is 5.78 Å². The van der Waals surface area contributed by atoms with Crippen LogP contribution in [0.3, 0.4) is 0 Å². The van der Waals surface area contributed by atoms with E-state index in [2.05, 4.69) is 0 Å². The Balaban J connectivity index is 2.02. The molecular weight excluding hydrogens is 271 g/mol. The molecule has 1 aromatic rings. The Labute approximate surface area is 124 Å². The van der Waals surface area contributed by atoms with Crippen molar-refractivity contribution in [3.63, 3.8) is 0 Å².